The molecular formula is C16H24N2O3S2. The molecule has 5 nitrogen and oxygen atoms in total. The summed E-state index contributed by atoms with van der Waals surface area (Å²) in [6.07, 6.45) is 3.76. The standard InChI is InChI=1S/C16H24N2O3S2/c1-12(2)15(19)21-9-6-4-3-5-7-17-13(22)11-14-18(16(17)20)8-10-23-14/h11-12H,3-10H2,1-2H3. The van der Waals surface area contributed by atoms with E-state index in [2.05, 4.69) is 0 Å². The second-order valence-electron chi connectivity index (χ2n) is 5.99. The van der Waals surface area contributed by atoms with Crippen LogP contribution < -0.4 is 5.69 Å². The van der Waals surface area contributed by atoms with Crippen molar-refractivity contribution >= 4 is 29.9 Å². The van der Waals surface area contributed by atoms with Gasteiger partial charge in [0.2, 0.25) is 0 Å². The molecule has 7 heteroatoms. The summed E-state index contributed by atoms with van der Waals surface area (Å²) >= 11 is 7.02. The van der Waals surface area contributed by atoms with E-state index in [0.29, 0.717) is 17.8 Å². The lowest BCUT2D eigenvalue weighted by molar-refractivity contribution is -0.147. The Bertz CT molecular complexity index is 664. The molecule has 2 rings (SSSR count). The lowest BCUT2D eigenvalue weighted by Crippen LogP contribution is -2.30. The molecule has 0 radical (unpaired) electrons. The quantitative estimate of drug-likeness (QED) is 0.310. The van der Waals surface area contributed by atoms with Crippen LogP contribution in [0.5, 0.6) is 0 Å². The van der Waals surface area contributed by atoms with Gasteiger partial charge in [0.1, 0.15) is 4.64 Å². The molecule has 0 amide bonds. The Morgan fingerprint density at radius 3 is 2.83 bits per heavy atom. The highest BCUT2D eigenvalue weighted by Gasteiger charge is 2.15. The maximum Gasteiger partial charge on any atom is 0.330 e. The predicted molar refractivity (Wildman–Crippen MR) is 94.5 cm³/mol. The lowest BCUT2D eigenvalue weighted by atomic mass is 10.2. The summed E-state index contributed by atoms with van der Waals surface area (Å²) in [6.45, 7) is 5.58. The largest absolute Gasteiger partial charge is 0.465 e. The number of ether oxygens (including phenoxy) is 1. The Morgan fingerprint density at radius 2 is 2.09 bits per heavy atom. The highest BCUT2D eigenvalue weighted by atomic mass is 32.2. The number of nitrogens with zero attached hydrogens (tertiary/aromatic N) is 2. The molecule has 0 atom stereocenters. The maximum absolute atomic E-state index is 12.4. The third-order valence-corrected chi connectivity index (χ3v) is 5.16. The van der Waals surface area contributed by atoms with Gasteiger partial charge in [0.15, 0.2) is 0 Å². The van der Waals surface area contributed by atoms with Gasteiger partial charge in [0.25, 0.3) is 0 Å². The van der Waals surface area contributed by atoms with E-state index in [9.17, 15) is 9.59 Å². The minimum atomic E-state index is -0.139. The molecule has 1 aliphatic heterocycles. The van der Waals surface area contributed by atoms with Crippen LogP contribution >= 0.6 is 24.0 Å². The van der Waals surface area contributed by atoms with Gasteiger partial charge in [-0.1, -0.05) is 32.5 Å². The zero-order valence-electron chi connectivity index (χ0n) is 13.7. The Morgan fingerprint density at radius 1 is 1.35 bits per heavy atom. The first-order valence-electron chi connectivity index (χ1n) is 8.15. The number of unbranched alkanes of at least 4 members (excludes halogenated alkanes) is 3. The Hall–Kier alpha value is -1.08. The maximum atomic E-state index is 12.4. The fraction of sp³-hybridized carbons (Fsp3) is 0.688. The Labute approximate surface area is 146 Å². The number of thioether (sulfide) groups is 1. The van der Waals surface area contributed by atoms with Crippen molar-refractivity contribution in [1.29, 1.82) is 0 Å². The van der Waals surface area contributed by atoms with E-state index in [0.717, 1.165) is 43.0 Å². The molecule has 0 bridgehead atoms. The van der Waals surface area contributed by atoms with Gasteiger partial charge in [0.05, 0.1) is 17.6 Å². The van der Waals surface area contributed by atoms with E-state index in [-0.39, 0.29) is 17.6 Å². The van der Waals surface area contributed by atoms with Crippen molar-refractivity contribution in [2.75, 3.05) is 12.4 Å². The van der Waals surface area contributed by atoms with Crippen LogP contribution in [0, 0.1) is 10.6 Å². The summed E-state index contributed by atoms with van der Waals surface area (Å²) in [7, 11) is 0. The van der Waals surface area contributed by atoms with Crippen LogP contribution in [0.15, 0.2) is 15.9 Å². The second kappa shape index (κ2) is 8.68. The monoisotopic (exact) mass is 356 g/mol. The summed E-state index contributed by atoms with van der Waals surface area (Å²) in [6, 6.07) is 1.93. The molecule has 0 unspecified atom stereocenters. The molecule has 1 aromatic heterocycles. The lowest BCUT2D eigenvalue weighted by Gasteiger charge is -2.10. The van der Waals surface area contributed by atoms with Crippen LogP contribution in [0.25, 0.3) is 0 Å². The van der Waals surface area contributed by atoms with Crippen molar-refractivity contribution in [1.82, 2.24) is 9.13 Å². The molecule has 0 saturated carbocycles. The van der Waals surface area contributed by atoms with Crippen molar-refractivity contribution in [3.05, 3.63) is 21.2 Å². The van der Waals surface area contributed by atoms with E-state index in [1.807, 2.05) is 24.5 Å². The fourth-order valence-electron chi connectivity index (χ4n) is 2.43. The SMILES string of the molecule is CC(C)C(=O)OCCCCCCn1c(=S)cc2n(c1=O)CCS2. The summed E-state index contributed by atoms with van der Waals surface area (Å²) in [5.41, 5.74) is 0.0170. The molecule has 0 N–H and O–H groups in total. The minimum absolute atomic E-state index is 0.0170. The Balaban J connectivity index is 1.72. The molecule has 23 heavy (non-hydrogen) atoms. The zero-order valence-corrected chi connectivity index (χ0v) is 15.4. The number of fused-ring (bicyclic) bond motifs is 1. The number of rotatable bonds is 8. The molecule has 0 saturated heterocycles. The molecule has 2 heterocycles. The first-order valence-corrected chi connectivity index (χ1v) is 9.54. The predicted octanol–water partition coefficient (Wildman–Crippen LogP) is 3.24. The van der Waals surface area contributed by atoms with Crippen molar-refractivity contribution < 1.29 is 9.53 Å². The van der Waals surface area contributed by atoms with Gasteiger partial charge in [-0.15, -0.1) is 11.8 Å². The molecule has 1 aliphatic rings. The smallest absolute Gasteiger partial charge is 0.330 e. The van der Waals surface area contributed by atoms with Crippen LogP contribution in [-0.4, -0.2) is 27.5 Å². The van der Waals surface area contributed by atoms with Crippen LogP contribution in [0.1, 0.15) is 39.5 Å². The summed E-state index contributed by atoms with van der Waals surface area (Å²) in [4.78, 5) is 23.7. The molecule has 1 aromatic rings. The zero-order chi connectivity index (χ0) is 16.8. The molecule has 0 aliphatic carbocycles. The average Bonchev–Trinajstić information content (AvgIpc) is 2.97. The van der Waals surface area contributed by atoms with Gasteiger partial charge in [-0.2, -0.15) is 0 Å². The van der Waals surface area contributed by atoms with Gasteiger partial charge in [0, 0.05) is 24.9 Å². The number of carbonyl (C=O) groups is 1. The molecule has 128 valence electrons. The van der Waals surface area contributed by atoms with Gasteiger partial charge in [-0.3, -0.25) is 13.9 Å². The fourth-order valence-corrected chi connectivity index (χ4v) is 3.79. The van der Waals surface area contributed by atoms with Crippen molar-refractivity contribution in [2.45, 2.75) is 57.6 Å². The van der Waals surface area contributed by atoms with Crippen LogP contribution in [0.2, 0.25) is 0 Å². The third-order valence-electron chi connectivity index (χ3n) is 3.80. The number of aromatic nitrogens is 2. The van der Waals surface area contributed by atoms with E-state index >= 15 is 0 Å². The number of hydrogen-bond acceptors (Lipinski definition) is 5. The second-order valence-corrected chi connectivity index (χ2v) is 7.53. The van der Waals surface area contributed by atoms with E-state index in [1.54, 1.807) is 16.3 Å². The van der Waals surface area contributed by atoms with E-state index < -0.39 is 0 Å². The van der Waals surface area contributed by atoms with Crippen LogP contribution in [0.4, 0.5) is 0 Å². The average molecular weight is 357 g/mol. The van der Waals surface area contributed by atoms with Gasteiger partial charge in [-0.05, 0) is 19.3 Å². The number of esters is 1. The number of hydrogen-bond donors (Lipinski definition) is 0. The molecule has 0 fully saturated rings. The van der Waals surface area contributed by atoms with Gasteiger partial charge < -0.3 is 4.74 Å². The first kappa shape index (κ1) is 18.3. The van der Waals surface area contributed by atoms with Crippen molar-refractivity contribution in [3.63, 3.8) is 0 Å². The van der Waals surface area contributed by atoms with Crippen molar-refractivity contribution in [3.8, 4) is 0 Å². The highest BCUT2D eigenvalue weighted by Crippen LogP contribution is 2.23. The van der Waals surface area contributed by atoms with Crippen molar-refractivity contribution in [2.24, 2.45) is 5.92 Å². The Kier molecular flexibility index (Phi) is 6.89. The molecule has 0 aromatic carbocycles. The van der Waals surface area contributed by atoms with E-state index in [1.165, 1.54) is 0 Å². The van der Waals surface area contributed by atoms with Gasteiger partial charge in [-0.25, -0.2) is 4.79 Å². The van der Waals surface area contributed by atoms with Gasteiger partial charge >= 0.3 is 11.7 Å². The third kappa shape index (κ3) is 4.94. The normalized spacial score (nSPS) is 13.3. The molecule has 0 spiro atoms. The van der Waals surface area contributed by atoms with Crippen LogP contribution in [0.3, 0.4) is 0 Å². The summed E-state index contributed by atoms with van der Waals surface area (Å²) in [5, 5.41) is 0.989. The minimum Gasteiger partial charge on any atom is -0.465 e. The first-order chi connectivity index (χ1) is 11.0. The molecular weight excluding hydrogens is 332 g/mol. The topological polar surface area (TPSA) is 53.2 Å². The summed E-state index contributed by atoms with van der Waals surface area (Å²) in [5.74, 6) is 0.742. The van der Waals surface area contributed by atoms with E-state index in [4.69, 9.17) is 17.0 Å². The number of carbonyl (C=O) groups excluding carboxylic acids is 1. The highest BCUT2D eigenvalue weighted by molar-refractivity contribution is 7.99. The summed E-state index contributed by atoms with van der Waals surface area (Å²) < 4.78 is 9.28. The van der Waals surface area contributed by atoms with Crippen LogP contribution in [-0.2, 0) is 22.6 Å².